The fourth-order valence-corrected chi connectivity index (χ4v) is 2.32. The van der Waals surface area contributed by atoms with E-state index in [2.05, 4.69) is 20.0 Å². The van der Waals surface area contributed by atoms with Crippen LogP contribution in [0, 0.1) is 0 Å². The zero-order valence-corrected chi connectivity index (χ0v) is 11.4. The number of hydrogen-bond donors (Lipinski definition) is 2. The van der Waals surface area contributed by atoms with Crippen molar-refractivity contribution in [2.75, 3.05) is 0 Å². The average molecular weight is 269 g/mol. The number of H-pyrrole nitrogens is 1. The first-order chi connectivity index (χ1) is 8.85. The van der Waals surface area contributed by atoms with Gasteiger partial charge in [0.2, 0.25) is 0 Å². The maximum absolute atomic E-state index is 11.7. The highest BCUT2D eigenvalue weighted by molar-refractivity contribution is 5.68. The smallest absolute Gasteiger partial charge is 0.438 e. The minimum atomic E-state index is -0.571. The van der Waals surface area contributed by atoms with Gasteiger partial charge in [-0.2, -0.15) is 0 Å². The van der Waals surface area contributed by atoms with Crippen LogP contribution in [-0.2, 0) is 4.74 Å². The number of ether oxygens (including phenoxy) is 1. The quantitative estimate of drug-likeness (QED) is 0.848. The number of amides is 1. The molecule has 2 atom stereocenters. The Morgan fingerprint density at radius 1 is 1.47 bits per heavy atom. The van der Waals surface area contributed by atoms with Crippen molar-refractivity contribution in [3.8, 4) is 0 Å². The lowest BCUT2D eigenvalue weighted by Gasteiger charge is -2.23. The Labute approximate surface area is 110 Å². The number of alkyl carbamates (subject to hydrolysis) is 1. The van der Waals surface area contributed by atoms with Crippen LogP contribution in [0.2, 0.25) is 0 Å². The van der Waals surface area contributed by atoms with Gasteiger partial charge in [0, 0.05) is 12.0 Å². The number of aromatic amines is 1. The predicted molar refractivity (Wildman–Crippen MR) is 66.9 cm³/mol. The van der Waals surface area contributed by atoms with Crippen molar-refractivity contribution in [2.45, 2.75) is 57.6 Å². The van der Waals surface area contributed by atoms with Crippen molar-refractivity contribution in [2.24, 2.45) is 0 Å². The Kier molecular flexibility index (Phi) is 3.64. The predicted octanol–water partition coefficient (Wildman–Crippen LogP) is 1.52. The van der Waals surface area contributed by atoms with Gasteiger partial charge < -0.3 is 10.1 Å². The Morgan fingerprint density at radius 3 is 2.79 bits per heavy atom. The number of hydrogen-bond acceptors (Lipinski definition) is 5. The molecule has 1 aromatic heterocycles. The van der Waals surface area contributed by atoms with E-state index >= 15 is 0 Å². The summed E-state index contributed by atoms with van der Waals surface area (Å²) in [7, 11) is 0. The topological polar surface area (TPSA) is 97.2 Å². The summed E-state index contributed by atoms with van der Waals surface area (Å²) in [5, 5.41) is 6.52. The SMILES string of the molecule is CC(C)(C)OC(=O)N[C@H]1CCC[C@H]1c1noc(=O)[nH]1. The molecule has 0 saturated heterocycles. The lowest BCUT2D eigenvalue weighted by molar-refractivity contribution is 0.0500. The van der Waals surface area contributed by atoms with Crippen molar-refractivity contribution in [1.29, 1.82) is 0 Å². The molecule has 1 fully saturated rings. The molecule has 0 radical (unpaired) electrons. The molecule has 106 valence electrons. The first-order valence-electron chi connectivity index (χ1n) is 6.40. The van der Waals surface area contributed by atoms with E-state index in [9.17, 15) is 9.59 Å². The van der Waals surface area contributed by atoms with Crippen LogP contribution in [-0.4, -0.2) is 27.9 Å². The van der Waals surface area contributed by atoms with Gasteiger partial charge in [-0.05, 0) is 33.6 Å². The van der Waals surface area contributed by atoms with E-state index in [0.717, 1.165) is 19.3 Å². The molecule has 1 heterocycles. The zero-order valence-electron chi connectivity index (χ0n) is 11.4. The van der Waals surface area contributed by atoms with Crippen LogP contribution >= 0.6 is 0 Å². The second kappa shape index (κ2) is 5.07. The van der Waals surface area contributed by atoms with Gasteiger partial charge in [0.25, 0.3) is 0 Å². The van der Waals surface area contributed by atoms with Crippen LogP contribution in [0.25, 0.3) is 0 Å². The van der Waals surface area contributed by atoms with Crippen molar-refractivity contribution >= 4 is 6.09 Å². The highest BCUT2D eigenvalue weighted by atomic mass is 16.6. The van der Waals surface area contributed by atoms with Crippen molar-refractivity contribution in [1.82, 2.24) is 15.5 Å². The van der Waals surface area contributed by atoms with E-state index in [1.165, 1.54) is 0 Å². The molecule has 1 amide bonds. The molecule has 1 aliphatic carbocycles. The van der Waals surface area contributed by atoms with Crippen LogP contribution in [0.15, 0.2) is 9.32 Å². The Bertz CT molecular complexity index is 500. The summed E-state index contributed by atoms with van der Waals surface area (Å²) in [6.45, 7) is 5.44. The standard InChI is InChI=1S/C12H19N3O4/c1-12(2,3)18-10(16)13-8-6-4-5-7(8)9-14-11(17)19-15-9/h7-8H,4-6H2,1-3H3,(H,13,16)(H,14,15,17)/t7-,8+/m1/s1. The van der Waals surface area contributed by atoms with Gasteiger partial charge in [0.15, 0.2) is 5.82 Å². The van der Waals surface area contributed by atoms with Gasteiger partial charge in [-0.3, -0.25) is 9.51 Å². The van der Waals surface area contributed by atoms with Gasteiger partial charge >= 0.3 is 11.8 Å². The Hall–Kier alpha value is -1.79. The average Bonchev–Trinajstić information content (AvgIpc) is 2.83. The Morgan fingerprint density at radius 2 is 2.21 bits per heavy atom. The molecule has 1 aromatic rings. The van der Waals surface area contributed by atoms with E-state index < -0.39 is 17.5 Å². The third-order valence-corrected chi connectivity index (χ3v) is 3.03. The van der Waals surface area contributed by atoms with Crippen molar-refractivity contribution in [3.05, 3.63) is 16.4 Å². The zero-order chi connectivity index (χ0) is 14.0. The molecule has 7 heteroatoms. The molecule has 1 aliphatic rings. The summed E-state index contributed by atoms with van der Waals surface area (Å²) in [5.41, 5.74) is -0.527. The van der Waals surface area contributed by atoms with Crippen LogP contribution in [0.3, 0.4) is 0 Å². The summed E-state index contributed by atoms with van der Waals surface area (Å²) in [4.78, 5) is 25.3. The van der Waals surface area contributed by atoms with E-state index in [0.29, 0.717) is 5.82 Å². The first-order valence-corrected chi connectivity index (χ1v) is 6.40. The van der Waals surface area contributed by atoms with Gasteiger partial charge in [0.1, 0.15) is 5.60 Å². The molecule has 0 aromatic carbocycles. The molecule has 19 heavy (non-hydrogen) atoms. The third kappa shape index (κ3) is 3.59. The number of nitrogens with one attached hydrogen (secondary N) is 2. The van der Waals surface area contributed by atoms with Gasteiger partial charge in [0.05, 0.1) is 0 Å². The largest absolute Gasteiger partial charge is 0.444 e. The van der Waals surface area contributed by atoms with E-state index in [4.69, 9.17) is 4.74 Å². The molecule has 2 rings (SSSR count). The highest BCUT2D eigenvalue weighted by Gasteiger charge is 2.33. The van der Waals surface area contributed by atoms with Gasteiger partial charge in [-0.1, -0.05) is 11.6 Å². The number of aromatic nitrogens is 2. The second-order valence-corrected chi connectivity index (χ2v) is 5.77. The van der Waals surface area contributed by atoms with Crippen LogP contribution in [0.5, 0.6) is 0 Å². The second-order valence-electron chi connectivity index (χ2n) is 5.77. The minimum absolute atomic E-state index is 0.0287. The van der Waals surface area contributed by atoms with E-state index in [1.807, 2.05) is 20.8 Å². The maximum Gasteiger partial charge on any atom is 0.438 e. The van der Waals surface area contributed by atoms with Crippen LogP contribution in [0.1, 0.15) is 51.8 Å². The van der Waals surface area contributed by atoms with Gasteiger partial charge in [-0.25, -0.2) is 9.59 Å². The molecule has 0 aliphatic heterocycles. The molecule has 7 nitrogen and oxygen atoms in total. The lowest BCUT2D eigenvalue weighted by Crippen LogP contribution is -2.40. The molecule has 1 saturated carbocycles. The van der Waals surface area contributed by atoms with Crippen molar-refractivity contribution < 1.29 is 14.1 Å². The van der Waals surface area contributed by atoms with E-state index in [1.54, 1.807) is 0 Å². The minimum Gasteiger partial charge on any atom is -0.444 e. The highest BCUT2D eigenvalue weighted by Crippen LogP contribution is 2.32. The molecule has 2 N–H and O–H groups in total. The molecule has 0 bridgehead atoms. The summed E-state index contributed by atoms with van der Waals surface area (Å²) >= 11 is 0. The van der Waals surface area contributed by atoms with Crippen LogP contribution in [0.4, 0.5) is 4.79 Å². The van der Waals surface area contributed by atoms with Gasteiger partial charge in [-0.15, -0.1) is 0 Å². The number of rotatable bonds is 2. The number of nitrogens with zero attached hydrogens (tertiary/aromatic N) is 1. The molecular weight excluding hydrogens is 250 g/mol. The monoisotopic (exact) mass is 269 g/mol. The fraction of sp³-hybridized carbons (Fsp3) is 0.750. The fourth-order valence-electron chi connectivity index (χ4n) is 2.32. The third-order valence-electron chi connectivity index (χ3n) is 3.03. The lowest BCUT2D eigenvalue weighted by atomic mass is 10.0. The Balaban J connectivity index is 2.00. The maximum atomic E-state index is 11.7. The normalized spacial score (nSPS) is 23.3. The number of carbonyl (C=O) groups is 1. The summed E-state index contributed by atoms with van der Waals surface area (Å²) in [5.74, 6) is -0.111. The summed E-state index contributed by atoms with van der Waals surface area (Å²) in [6, 6.07) is -0.0874. The van der Waals surface area contributed by atoms with Crippen molar-refractivity contribution in [3.63, 3.8) is 0 Å². The molecule has 0 spiro atoms. The number of carbonyl (C=O) groups excluding carboxylic acids is 1. The van der Waals surface area contributed by atoms with E-state index in [-0.39, 0.29) is 12.0 Å². The molecule has 0 unspecified atom stereocenters. The first kappa shape index (κ1) is 13.6. The van der Waals surface area contributed by atoms with Crippen LogP contribution < -0.4 is 11.1 Å². The summed E-state index contributed by atoms with van der Waals surface area (Å²) < 4.78 is 9.73. The summed E-state index contributed by atoms with van der Waals surface area (Å²) in [6.07, 6.45) is 2.19. The molecular formula is C12H19N3O4.